The first-order valence-corrected chi connectivity index (χ1v) is 8.09. The zero-order valence-corrected chi connectivity index (χ0v) is 12.3. The number of furan rings is 1. The van der Waals surface area contributed by atoms with E-state index in [1.54, 1.807) is 6.07 Å². The van der Waals surface area contributed by atoms with Gasteiger partial charge in [-0.1, -0.05) is 11.6 Å². The van der Waals surface area contributed by atoms with E-state index in [1.165, 1.54) is 24.5 Å². The van der Waals surface area contributed by atoms with E-state index in [2.05, 4.69) is 4.72 Å². The molecule has 0 aliphatic heterocycles. The van der Waals surface area contributed by atoms with Gasteiger partial charge in [0.2, 0.25) is 0 Å². The molecule has 2 N–H and O–H groups in total. The van der Waals surface area contributed by atoms with Gasteiger partial charge < -0.3 is 9.52 Å². The van der Waals surface area contributed by atoms with E-state index in [-0.39, 0.29) is 9.97 Å². The molecule has 0 amide bonds. The molecule has 2 heterocycles. The minimum atomic E-state index is -3.85. The fourth-order valence-corrected chi connectivity index (χ4v) is 4.26. The number of carboxylic acid groups (broad SMARTS) is 1. The van der Waals surface area contributed by atoms with Crippen LogP contribution in [0.2, 0.25) is 4.34 Å². The molecule has 2 aromatic rings. The van der Waals surface area contributed by atoms with E-state index in [1.807, 2.05) is 0 Å². The van der Waals surface area contributed by atoms with Crippen LogP contribution >= 0.6 is 22.9 Å². The molecule has 108 valence electrons. The van der Waals surface area contributed by atoms with Crippen molar-refractivity contribution in [1.82, 2.24) is 4.72 Å². The van der Waals surface area contributed by atoms with Gasteiger partial charge in [-0.05, 0) is 24.3 Å². The summed E-state index contributed by atoms with van der Waals surface area (Å²) in [5, 5.41) is 8.86. The number of thiophene rings is 1. The van der Waals surface area contributed by atoms with Crippen LogP contribution in [0.25, 0.3) is 0 Å². The standard InChI is InChI=1S/C11H10ClNO5S2/c12-9-3-4-11(19-9)20(16,17)13-7(6-10(14)15)8-2-1-5-18-8/h1-5,7,13H,6H2,(H,14,15). The van der Waals surface area contributed by atoms with Gasteiger partial charge in [0.15, 0.2) is 0 Å². The van der Waals surface area contributed by atoms with Crippen LogP contribution in [-0.2, 0) is 14.8 Å². The van der Waals surface area contributed by atoms with Crippen LogP contribution in [0.15, 0.2) is 39.2 Å². The molecule has 20 heavy (non-hydrogen) atoms. The molecule has 2 rings (SSSR count). The van der Waals surface area contributed by atoms with E-state index < -0.39 is 28.5 Å². The molecule has 0 saturated heterocycles. The minimum Gasteiger partial charge on any atom is -0.481 e. The lowest BCUT2D eigenvalue weighted by Crippen LogP contribution is -2.29. The molecule has 9 heteroatoms. The first-order valence-electron chi connectivity index (χ1n) is 5.41. The molecule has 0 aromatic carbocycles. The highest BCUT2D eigenvalue weighted by Gasteiger charge is 2.26. The lowest BCUT2D eigenvalue weighted by Gasteiger charge is -2.13. The van der Waals surface area contributed by atoms with Crippen LogP contribution in [0.1, 0.15) is 18.2 Å². The topological polar surface area (TPSA) is 96.6 Å². The fourth-order valence-electron chi connectivity index (χ4n) is 1.55. The Hall–Kier alpha value is -1.35. The first-order chi connectivity index (χ1) is 9.38. The van der Waals surface area contributed by atoms with E-state index in [0.29, 0.717) is 4.34 Å². The smallest absolute Gasteiger partial charge is 0.305 e. The van der Waals surface area contributed by atoms with Gasteiger partial charge in [-0.15, -0.1) is 11.3 Å². The summed E-state index contributed by atoms with van der Waals surface area (Å²) in [5.41, 5.74) is 0. The minimum absolute atomic E-state index is 0.0180. The second kappa shape index (κ2) is 5.96. The third-order valence-electron chi connectivity index (χ3n) is 2.38. The van der Waals surface area contributed by atoms with Crippen LogP contribution in [0.3, 0.4) is 0 Å². The molecule has 0 spiro atoms. The Morgan fingerprint density at radius 1 is 1.45 bits per heavy atom. The Labute approximate surface area is 124 Å². The Bertz CT molecular complexity index is 692. The predicted molar refractivity (Wildman–Crippen MR) is 73.4 cm³/mol. The van der Waals surface area contributed by atoms with E-state index >= 15 is 0 Å². The monoisotopic (exact) mass is 335 g/mol. The highest BCUT2D eigenvalue weighted by molar-refractivity contribution is 7.91. The zero-order valence-electron chi connectivity index (χ0n) is 9.95. The van der Waals surface area contributed by atoms with Crippen molar-refractivity contribution < 1.29 is 22.7 Å². The van der Waals surface area contributed by atoms with Gasteiger partial charge in [-0.2, -0.15) is 4.72 Å². The number of aliphatic carboxylic acids is 1. The van der Waals surface area contributed by atoms with Crippen LogP contribution in [0.4, 0.5) is 0 Å². The summed E-state index contributed by atoms with van der Waals surface area (Å²) in [4.78, 5) is 10.8. The maximum atomic E-state index is 12.1. The van der Waals surface area contributed by atoms with Crippen LogP contribution in [0, 0.1) is 0 Å². The maximum absolute atomic E-state index is 12.1. The van der Waals surface area contributed by atoms with Gasteiger partial charge in [0, 0.05) is 0 Å². The number of rotatable bonds is 6. The average Bonchev–Trinajstić information content (AvgIpc) is 2.97. The fraction of sp³-hybridized carbons (Fsp3) is 0.182. The number of carboxylic acids is 1. The molecule has 2 aromatic heterocycles. The number of sulfonamides is 1. The zero-order chi connectivity index (χ0) is 14.8. The molecule has 0 saturated carbocycles. The highest BCUT2D eigenvalue weighted by Crippen LogP contribution is 2.27. The van der Waals surface area contributed by atoms with Gasteiger partial charge in [0.25, 0.3) is 10.0 Å². The summed E-state index contributed by atoms with van der Waals surface area (Å²) >= 11 is 6.59. The molecular weight excluding hydrogens is 326 g/mol. The van der Waals surface area contributed by atoms with Crippen LogP contribution in [0.5, 0.6) is 0 Å². The average molecular weight is 336 g/mol. The third kappa shape index (κ3) is 3.60. The van der Waals surface area contributed by atoms with Crippen molar-refractivity contribution in [1.29, 1.82) is 0 Å². The lowest BCUT2D eigenvalue weighted by atomic mass is 10.2. The third-order valence-corrected chi connectivity index (χ3v) is 5.57. The molecule has 6 nitrogen and oxygen atoms in total. The molecule has 0 bridgehead atoms. The van der Waals surface area contributed by atoms with Gasteiger partial charge >= 0.3 is 5.97 Å². The van der Waals surface area contributed by atoms with Crippen molar-refractivity contribution in [3.8, 4) is 0 Å². The molecule has 0 fully saturated rings. The number of hydrogen-bond acceptors (Lipinski definition) is 5. The largest absolute Gasteiger partial charge is 0.481 e. The summed E-state index contributed by atoms with van der Waals surface area (Å²) in [6, 6.07) is 4.90. The molecule has 0 aliphatic rings. The van der Waals surface area contributed by atoms with Crippen molar-refractivity contribution in [3.05, 3.63) is 40.6 Å². The number of hydrogen-bond donors (Lipinski definition) is 2. The summed E-state index contributed by atoms with van der Waals surface area (Å²) in [6.07, 6.45) is 0.923. The first kappa shape index (κ1) is 15.0. The van der Waals surface area contributed by atoms with Crippen molar-refractivity contribution in [3.63, 3.8) is 0 Å². The van der Waals surface area contributed by atoms with Crippen molar-refractivity contribution in [2.45, 2.75) is 16.7 Å². The Balaban J connectivity index is 2.25. The van der Waals surface area contributed by atoms with E-state index in [0.717, 1.165) is 11.3 Å². The van der Waals surface area contributed by atoms with E-state index in [9.17, 15) is 13.2 Å². The second-order valence-corrected chi connectivity index (χ2v) is 7.50. The van der Waals surface area contributed by atoms with Crippen molar-refractivity contribution in [2.24, 2.45) is 0 Å². The van der Waals surface area contributed by atoms with Gasteiger partial charge in [0.05, 0.1) is 23.1 Å². The highest BCUT2D eigenvalue weighted by atomic mass is 35.5. The van der Waals surface area contributed by atoms with Crippen molar-refractivity contribution in [2.75, 3.05) is 0 Å². The van der Waals surface area contributed by atoms with Crippen molar-refractivity contribution >= 4 is 38.9 Å². The second-order valence-electron chi connectivity index (χ2n) is 3.85. The Morgan fingerprint density at radius 3 is 2.70 bits per heavy atom. The quantitative estimate of drug-likeness (QED) is 0.845. The molecule has 0 aliphatic carbocycles. The van der Waals surface area contributed by atoms with Crippen LogP contribution in [-0.4, -0.2) is 19.5 Å². The lowest BCUT2D eigenvalue weighted by molar-refractivity contribution is -0.137. The molecule has 1 unspecified atom stereocenters. The Morgan fingerprint density at radius 2 is 2.20 bits per heavy atom. The summed E-state index contributed by atoms with van der Waals surface area (Å²) in [7, 11) is -3.85. The SMILES string of the molecule is O=C(O)CC(NS(=O)(=O)c1ccc(Cl)s1)c1ccco1. The summed E-state index contributed by atoms with van der Waals surface area (Å²) in [5.74, 6) is -0.906. The number of nitrogens with one attached hydrogen (secondary N) is 1. The van der Waals surface area contributed by atoms with E-state index in [4.69, 9.17) is 21.1 Å². The van der Waals surface area contributed by atoms with Crippen LogP contribution < -0.4 is 4.72 Å². The molecule has 0 radical (unpaired) electrons. The van der Waals surface area contributed by atoms with Gasteiger partial charge in [-0.25, -0.2) is 8.42 Å². The van der Waals surface area contributed by atoms with Gasteiger partial charge in [0.1, 0.15) is 9.97 Å². The number of carbonyl (C=O) groups is 1. The molecular formula is C11H10ClNO5S2. The summed E-state index contributed by atoms with van der Waals surface area (Å²) in [6.45, 7) is 0. The normalized spacial score (nSPS) is 13.2. The van der Waals surface area contributed by atoms with Gasteiger partial charge in [-0.3, -0.25) is 4.79 Å². The molecule has 1 atom stereocenters. The predicted octanol–water partition coefficient (Wildman–Crippen LogP) is 2.49. The Kier molecular flexibility index (Phi) is 4.48. The maximum Gasteiger partial charge on any atom is 0.305 e. The number of halogens is 1. The summed E-state index contributed by atoms with van der Waals surface area (Å²) < 4.78 is 32.0.